The Kier molecular flexibility index (Phi) is 4.26. The third-order valence-electron chi connectivity index (χ3n) is 3.39. The van der Waals surface area contributed by atoms with Crippen LogP contribution in [0.2, 0.25) is 0 Å². The summed E-state index contributed by atoms with van der Waals surface area (Å²) in [6, 6.07) is 6.46. The Hall–Kier alpha value is -1.40. The molecule has 0 radical (unpaired) electrons. The summed E-state index contributed by atoms with van der Waals surface area (Å²) >= 11 is 3.47. The van der Waals surface area contributed by atoms with E-state index in [1.165, 1.54) is 17.5 Å². The zero-order valence-electron chi connectivity index (χ0n) is 12.5. The maximum absolute atomic E-state index is 4.69. The predicted octanol–water partition coefficient (Wildman–Crippen LogP) is 4.11. The number of benzene rings is 1. The Bertz CT molecular complexity index is 760. The van der Waals surface area contributed by atoms with Crippen LogP contribution in [0.1, 0.15) is 30.3 Å². The molecule has 1 aromatic carbocycles. The van der Waals surface area contributed by atoms with Crippen LogP contribution in [0.15, 0.2) is 18.2 Å². The lowest BCUT2D eigenvalue weighted by Gasteiger charge is -2.01. The van der Waals surface area contributed by atoms with Crippen LogP contribution in [0.3, 0.4) is 0 Å². The van der Waals surface area contributed by atoms with Gasteiger partial charge in [0.25, 0.3) is 0 Å². The number of aromatic nitrogens is 4. The van der Waals surface area contributed by atoms with Crippen molar-refractivity contribution in [2.45, 2.75) is 32.9 Å². The van der Waals surface area contributed by atoms with Crippen molar-refractivity contribution in [2.24, 2.45) is 0 Å². The van der Waals surface area contributed by atoms with E-state index in [0.29, 0.717) is 0 Å². The fourth-order valence-electron chi connectivity index (χ4n) is 2.05. The fraction of sp³-hybridized carbons (Fsp3) is 0.400. The second-order valence-corrected chi connectivity index (χ2v) is 7.13. The molecule has 4 nitrogen and oxygen atoms in total. The van der Waals surface area contributed by atoms with Crippen molar-refractivity contribution in [3.05, 3.63) is 35.2 Å². The molecule has 0 unspecified atom stereocenters. The third kappa shape index (κ3) is 2.96. The summed E-state index contributed by atoms with van der Waals surface area (Å²) < 4.78 is 1.89. The molecule has 21 heavy (non-hydrogen) atoms. The topological polar surface area (TPSA) is 43.1 Å². The molecule has 0 N–H and O–H groups in total. The molecule has 0 amide bonds. The molecule has 0 saturated carbocycles. The van der Waals surface area contributed by atoms with Crippen LogP contribution in [-0.4, -0.2) is 25.6 Å². The minimum Gasteiger partial charge on any atom is -0.186 e. The standard InChI is InChI=1S/C15H18N4S2/c1-4-7-20-9-13-16-17-15-19(13)18-14(21-15)12-6-5-10(2)11(3)8-12/h5-6,8H,4,7,9H2,1-3H3. The van der Waals surface area contributed by atoms with Gasteiger partial charge in [-0.2, -0.15) is 21.4 Å². The van der Waals surface area contributed by atoms with Crippen LogP contribution in [0, 0.1) is 13.8 Å². The van der Waals surface area contributed by atoms with Crippen molar-refractivity contribution in [1.82, 2.24) is 19.8 Å². The first-order valence-electron chi connectivity index (χ1n) is 7.05. The second-order valence-electron chi connectivity index (χ2n) is 5.07. The molecule has 2 aromatic heterocycles. The zero-order chi connectivity index (χ0) is 14.8. The molecule has 110 valence electrons. The lowest BCUT2D eigenvalue weighted by Crippen LogP contribution is -1.94. The highest BCUT2D eigenvalue weighted by Crippen LogP contribution is 2.27. The molecule has 0 spiro atoms. The number of hydrogen-bond donors (Lipinski definition) is 0. The molecule has 3 rings (SSSR count). The smallest absolute Gasteiger partial charge is 0.186 e. The summed E-state index contributed by atoms with van der Waals surface area (Å²) in [5.41, 5.74) is 3.75. The SMILES string of the molecule is CCCSCc1nnc2sc(-c3ccc(C)c(C)c3)nn12. The average molecular weight is 318 g/mol. The average Bonchev–Trinajstić information content (AvgIpc) is 3.04. The first-order valence-corrected chi connectivity index (χ1v) is 9.02. The molecule has 0 saturated heterocycles. The molecule has 0 aliphatic carbocycles. The van der Waals surface area contributed by atoms with Crippen molar-refractivity contribution in [2.75, 3.05) is 5.75 Å². The minimum atomic E-state index is 0.866. The Balaban J connectivity index is 1.91. The number of aryl methyl sites for hydroxylation is 2. The summed E-state index contributed by atoms with van der Waals surface area (Å²) in [6.07, 6.45) is 1.18. The largest absolute Gasteiger partial charge is 0.235 e. The number of rotatable bonds is 5. The predicted molar refractivity (Wildman–Crippen MR) is 90.0 cm³/mol. The normalized spacial score (nSPS) is 11.4. The van der Waals surface area contributed by atoms with Gasteiger partial charge in [-0.25, -0.2) is 0 Å². The molecule has 0 fully saturated rings. The Morgan fingerprint density at radius 1 is 1.19 bits per heavy atom. The van der Waals surface area contributed by atoms with E-state index in [9.17, 15) is 0 Å². The van der Waals surface area contributed by atoms with Gasteiger partial charge in [0, 0.05) is 5.56 Å². The van der Waals surface area contributed by atoms with Crippen molar-refractivity contribution >= 4 is 28.1 Å². The molecule has 3 aromatic rings. The van der Waals surface area contributed by atoms with Crippen LogP contribution >= 0.6 is 23.1 Å². The van der Waals surface area contributed by atoms with Gasteiger partial charge in [-0.15, -0.1) is 10.2 Å². The highest BCUT2D eigenvalue weighted by Gasteiger charge is 2.13. The molecular weight excluding hydrogens is 300 g/mol. The highest BCUT2D eigenvalue weighted by molar-refractivity contribution is 7.98. The van der Waals surface area contributed by atoms with E-state index in [1.807, 2.05) is 16.3 Å². The second kappa shape index (κ2) is 6.15. The van der Waals surface area contributed by atoms with E-state index in [1.54, 1.807) is 11.3 Å². The first kappa shape index (κ1) is 14.5. The molecule has 0 bridgehead atoms. The minimum absolute atomic E-state index is 0.866. The monoisotopic (exact) mass is 318 g/mol. The number of thioether (sulfide) groups is 1. The zero-order valence-corrected chi connectivity index (χ0v) is 14.1. The quantitative estimate of drug-likeness (QED) is 0.664. The van der Waals surface area contributed by atoms with Crippen LogP contribution in [0.25, 0.3) is 15.5 Å². The van der Waals surface area contributed by atoms with E-state index < -0.39 is 0 Å². The summed E-state index contributed by atoms with van der Waals surface area (Å²) in [7, 11) is 0. The van der Waals surface area contributed by atoms with E-state index in [-0.39, 0.29) is 0 Å². The van der Waals surface area contributed by atoms with E-state index in [2.05, 4.69) is 54.3 Å². The lowest BCUT2D eigenvalue weighted by molar-refractivity contribution is 0.886. The van der Waals surface area contributed by atoms with Crippen LogP contribution in [0.4, 0.5) is 0 Å². The van der Waals surface area contributed by atoms with Crippen molar-refractivity contribution in [3.8, 4) is 10.6 Å². The molecule has 6 heteroatoms. The van der Waals surface area contributed by atoms with E-state index in [0.717, 1.165) is 32.9 Å². The fourth-order valence-corrected chi connectivity index (χ4v) is 3.70. The van der Waals surface area contributed by atoms with Crippen molar-refractivity contribution in [3.63, 3.8) is 0 Å². The number of nitrogens with zero attached hydrogens (tertiary/aromatic N) is 4. The maximum atomic E-state index is 4.69. The highest BCUT2D eigenvalue weighted by atomic mass is 32.2. The van der Waals surface area contributed by atoms with Crippen molar-refractivity contribution in [1.29, 1.82) is 0 Å². The molecule has 0 aliphatic heterocycles. The van der Waals surface area contributed by atoms with Crippen LogP contribution < -0.4 is 0 Å². The Morgan fingerprint density at radius 2 is 2.05 bits per heavy atom. The lowest BCUT2D eigenvalue weighted by atomic mass is 10.1. The first-order chi connectivity index (χ1) is 10.2. The van der Waals surface area contributed by atoms with Gasteiger partial charge in [-0.1, -0.05) is 30.4 Å². The molecule has 2 heterocycles. The molecule has 0 aliphatic rings. The summed E-state index contributed by atoms with van der Waals surface area (Å²) in [4.78, 5) is 0.871. The van der Waals surface area contributed by atoms with Gasteiger partial charge in [-0.05, 0) is 43.2 Å². The van der Waals surface area contributed by atoms with E-state index in [4.69, 9.17) is 0 Å². The summed E-state index contributed by atoms with van der Waals surface area (Å²) in [5, 5.41) is 14.2. The molecule has 0 atom stereocenters. The van der Waals surface area contributed by atoms with Gasteiger partial charge in [0.05, 0.1) is 5.75 Å². The molecular formula is C15H18N4S2. The van der Waals surface area contributed by atoms with Crippen molar-refractivity contribution < 1.29 is 0 Å². The van der Waals surface area contributed by atoms with Gasteiger partial charge in [0.15, 0.2) is 5.82 Å². The summed E-state index contributed by atoms with van der Waals surface area (Å²) in [5.74, 6) is 2.95. The van der Waals surface area contributed by atoms with Crippen LogP contribution in [0.5, 0.6) is 0 Å². The third-order valence-corrected chi connectivity index (χ3v) is 5.50. The van der Waals surface area contributed by atoms with Gasteiger partial charge < -0.3 is 0 Å². The van der Waals surface area contributed by atoms with Gasteiger partial charge in [-0.3, -0.25) is 0 Å². The Morgan fingerprint density at radius 3 is 2.81 bits per heavy atom. The Labute approximate surface area is 132 Å². The van der Waals surface area contributed by atoms with E-state index >= 15 is 0 Å². The maximum Gasteiger partial charge on any atom is 0.235 e. The van der Waals surface area contributed by atoms with Gasteiger partial charge >= 0.3 is 0 Å². The summed E-state index contributed by atoms with van der Waals surface area (Å²) in [6.45, 7) is 6.44. The van der Waals surface area contributed by atoms with Gasteiger partial charge in [0.2, 0.25) is 4.96 Å². The van der Waals surface area contributed by atoms with Crippen LogP contribution in [-0.2, 0) is 5.75 Å². The van der Waals surface area contributed by atoms with Gasteiger partial charge in [0.1, 0.15) is 5.01 Å². The number of fused-ring (bicyclic) bond motifs is 1. The number of hydrogen-bond acceptors (Lipinski definition) is 5.